The summed E-state index contributed by atoms with van der Waals surface area (Å²) in [5.41, 5.74) is 4.03. The van der Waals surface area contributed by atoms with Crippen LogP contribution in [0.2, 0.25) is 0 Å². The first-order valence-electron chi connectivity index (χ1n) is 11.0. The molecule has 0 unspecified atom stereocenters. The summed E-state index contributed by atoms with van der Waals surface area (Å²) in [6.07, 6.45) is 8.68. The molecular formula is C27H36N2S. The highest BCUT2D eigenvalue weighted by molar-refractivity contribution is 7.18. The number of nitriles is 1. The lowest BCUT2D eigenvalue weighted by atomic mass is 10.1. The van der Waals surface area contributed by atoms with Gasteiger partial charge in [-0.2, -0.15) is 5.26 Å². The van der Waals surface area contributed by atoms with Crippen LogP contribution < -0.4 is 0 Å². The lowest BCUT2D eigenvalue weighted by molar-refractivity contribution is 0.576. The maximum atomic E-state index is 9.15. The van der Waals surface area contributed by atoms with E-state index in [0.29, 0.717) is 5.56 Å². The highest BCUT2D eigenvalue weighted by Gasteiger charge is 2.08. The van der Waals surface area contributed by atoms with E-state index < -0.39 is 0 Å². The number of hydrogen-bond acceptors (Lipinski definition) is 3. The van der Waals surface area contributed by atoms with Crippen LogP contribution in [0, 0.1) is 24.2 Å². The van der Waals surface area contributed by atoms with Crippen LogP contribution in [0.25, 0.3) is 20.9 Å². The number of aryl methyl sites for hydroxylation is 1. The van der Waals surface area contributed by atoms with Gasteiger partial charge in [-0.3, -0.25) is 4.98 Å². The van der Waals surface area contributed by atoms with Crippen LogP contribution in [0.3, 0.4) is 0 Å². The first-order valence-corrected chi connectivity index (χ1v) is 11.8. The number of aromatic nitrogens is 1. The summed E-state index contributed by atoms with van der Waals surface area (Å²) in [6.45, 7) is 13.2. The first-order chi connectivity index (χ1) is 14.5. The Hall–Kier alpha value is -2.44. The molecule has 0 amide bonds. The third kappa shape index (κ3) is 8.93. The van der Waals surface area contributed by atoms with Crippen LogP contribution in [-0.2, 0) is 0 Å². The van der Waals surface area contributed by atoms with Gasteiger partial charge < -0.3 is 0 Å². The minimum absolute atomic E-state index is 0.616. The predicted molar refractivity (Wildman–Crippen MR) is 133 cm³/mol. The van der Waals surface area contributed by atoms with Crippen molar-refractivity contribution in [3.63, 3.8) is 0 Å². The van der Waals surface area contributed by atoms with Crippen LogP contribution in [-0.4, -0.2) is 4.98 Å². The van der Waals surface area contributed by atoms with Crippen LogP contribution in [0.5, 0.6) is 0 Å². The van der Waals surface area contributed by atoms with Gasteiger partial charge in [-0.1, -0.05) is 90.1 Å². The van der Waals surface area contributed by atoms with E-state index in [1.165, 1.54) is 41.7 Å². The molecular weight excluding hydrogens is 384 g/mol. The molecule has 2 nitrogen and oxygen atoms in total. The summed E-state index contributed by atoms with van der Waals surface area (Å²) in [5, 5.41) is 9.15. The topological polar surface area (TPSA) is 36.7 Å². The Bertz CT molecular complexity index is 884. The van der Waals surface area contributed by atoms with E-state index in [1.54, 1.807) is 23.7 Å². The second-order valence-electron chi connectivity index (χ2n) is 7.75. The molecule has 0 fully saturated rings. The molecule has 2 aromatic heterocycles. The van der Waals surface area contributed by atoms with E-state index in [0.717, 1.165) is 16.4 Å². The zero-order valence-corrected chi connectivity index (χ0v) is 20.2. The fourth-order valence-corrected chi connectivity index (χ4v) is 3.68. The highest BCUT2D eigenvalue weighted by Crippen LogP contribution is 2.35. The summed E-state index contributed by atoms with van der Waals surface area (Å²) < 4.78 is 0. The van der Waals surface area contributed by atoms with Crippen molar-refractivity contribution in [2.45, 2.75) is 67.2 Å². The van der Waals surface area contributed by atoms with Gasteiger partial charge in [-0.05, 0) is 36.6 Å². The average Bonchev–Trinajstić information content (AvgIpc) is 3.25. The van der Waals surface area contributed by atoms with Gasteiger partial charge in [-0.15, -0.1) is 11.3 Å². The Morgan fingerprint density at radius 2 is 1.53 bits per heavy atom. The monoisotopic (exact) mass is 420 g/mol. The Labute approximate surface area is 187 Å². The zero-order chi connectivity index (χ0) is 22.4. The van der Waals surface area contributed by atoms with Gasteiger partial charge in [0.15, 0.2) is 0 Å². The van der Waals surface area contributed by atoms with Crippen molar-refractivity contribution in [1.82, 2.24) is 4.98 Å². The van der Waals surface area contributed by atoms with Crippen LogP contribution in [0.1, 0.15) is 71.4 Å². The Morgan fingerprint density at radius 3 is 2.03 bits per heavy atom. The van der Waals surface area contributed by atoms with E-state index in [4.69, 9.17) is 5.26 Å². The Morgan fingerprint density at radius 1 is 0.900 bits per heavy atom. The summed E-state index contributed by atoms with van der Waals surface area (Å²) >= 11 is 1.70. The average molecular weight is 421 g/mol. The number of benzene rings is 1. The summed E-state index contributed by atoms with van der Waals surface area (Å²) in [6, 6.07) is 16.7. The number of rotatable bonds is 5. The molecule has 0 aliphatic carbocycles. The molecule has 0 radical (unpaired) electrons. The third-order valence-electron chi connectivity index (χ3n) is 4.52. The molecule has 0 bridgehead atoms. The smallest absolute Gasteiger partial charge is 0.101 e. The number of thiophene rings is 1. The molecule has 160 valence electrons. The Kier molecular flexibility index (Phi) is 12.4. The minimum atomic E-state index is 0.616. The maximum absolute atomic E-state index is 9.15. The normalized spacial score (nSPS) is 9.80. The minimum Gasteiger partial charge on any atom is -0.263 e. The van der Waals surface area contributed by atoms with Gasteiger partial charge in [0, 0.05) is 27.7 Å². The second-order valence-corrected chi connectivity index (χ2v) is 8.83. The predicted octanol–water partition coefficient (Wildman–Crippen LogP) is 8.91. The first kappa shape index (κ1) is 25.6. The van der Waals surface area contributed by atoms with E-state index >= 15 is 0 Å². The highest BCUT2D eigenvalue weighted by atomic mass is 32.1. The van der Waals surface area contributed by atoms with E-state index in [1.807, 2.05) is 6.07 Å². The van der Waals surface area contributed by atoms with E-state index in [-0.39, 0.29) is 0 Å². The molecule has 0 saturated carbocycles. The SMILES string of the molecule is CCCC.CCCC(C)C.Cc1ccc(-c2ccc(-c3ccncc3C#N)s2)cc1. The molecule has 3 aromatic rings. The number of pyridine rings is 1. The molecule has 0 spiro atoms. The molecule has 1 aromatic carbocycles. The van der Waals surface area contributed by atoms with E-state index in [2.05, 4.69) is 89.0 Å². The number of hydrogen-bond donors (Lipinski definition) is 0. The van der Waals surface area contributed by atoms with Crippen molar-refractivity contribution >= 4 is 11.3 Å². The molecule has 0 saturated heterocycles. The summed E-state index contributed by atoms with van der Waals surface area (Å²) in [4.78, 5) is 6.30. The lowest BCUT2D eigenvalue weighted by Gasteiger charge is -2.00. The maximum Gasteiger partial charge on any atom is 0.101 e. The molecule has 2 heterocycles. The van der Waals surface area contributed by atoms with Gasteiger partial charge in [0.05, 0.1) is 5.56 Å². The van der Waals surface area contributed by atoms with Crippen LogP contribution >= 0.6 is 11.3 Å². The van der Waals surface area contributed by atoms with E-state index in [9.17, 15) is 0 Å². The van der Waals surface area contributed by atoms with Gasteiger partial charge in [-0.25, -0.2) is 0 Å². The van der Waals surface area contributed by atoms with Crippen LogP contribution in [0.4, 0.5) is 0 Å². The van der Waals surface area contributed by atoms with Crippen LogP contribution in [0.15, 0.2) is 54.9 Å². The molecule has 0 aliphatic rings. The third-order valence-corrected chi connectivity index (χ3v) is 5.68. The van der Waals surface area contributed by atoms with Gasteiger partial charge in [0.1, 0.15) is 6.07 Å². The molecule has 0 atom stereocenters. The number of unbranched alkanes of at least 4 members (excludes halogenated alkanes) is 1. The molecule has 0 N–H and O–H groups in total. The van der Waals surface area contributed by atoms with Crippen molar-refractivity contribution < 1.29 is 0 Å². The van der Waals surface area contributed by atoms with Crippen molar-refractivity contribution in [2.24, 2.45) is 5.92 Å². The van der Waals surface area contributed by atoms with Crippen molar-refractivity contribution in [3.8, 4) is 27.0 Å². The number of nitrogens with zero attached hydrogens (tertiary/aromatic N) is 2. The summed E-state index contributed by atoms with van der Waals surface area (Å²) in [7, 11) is 0. The van der Waals surface area contributed by atoms with Gasteiger partial charge in [0.2, 0.25) is 0 Å². The molecule has 0 aliphatic heterocycles. The largest absolute Gasteiger partial charge is 0.263 e. The van der Waals surface area contributed by atoms with Gasteiger partial charge in [0.25, 0.3) is 0 Å². The standard InChI is InChI=1S/C17H12N2S.C6H14.C4H10/c1-12-2-4-13(5-3-12)16-6-7-17(20-16)15-8-9-19-11-14(15)10-18;1-4-5-6(2)3;1-3-4-2/h2-9,11H,1H3;6H,4-5H2,1-3H3;3-4H2,1-2H3. The lowest BCUT2D eigenvalue weighted by Crippen LogP contribution is -1.82. The molecule has 3 rings (SSSR count). The fourth-order valence-electron chi connectivity index (χ4n) is 2.63. The van der Waals surface area contributed by atoms with Crippen molar-refractivity contribution in [3.05, 3.63) is 66.0 Å². The molecule has 30 heavy (non-hydrogen) atoms. The van der Waals surface area contributed by atoms with Gasteiger partial charge >= 0.3 is 0 Å². The molecule has 3 heteroatoms. The summed E-state index contributed by atoms with van der Waals surface area (Å²) in [5.74, 6) is 0.898. The Balaban J connectivity index is 0.000000379. The van der Waals surface area contributed by atoms with Crippen molar-refractivity contribution in [2.75, 3.05) is 0 Å². The second kappa shape index (κ2) is 14.5. The zero-order valence-electron chi connectivity index (χ0n) is 19.4. The quantitative estimate of drug-likeness (QED) is 0.413. The van der Waals surface area contributed by atoms with Crippen molar-refractivity contribution in [1.29, 1.82) is 5.26 Å². The fraction of sp³-hybridized carbons (Fsp3) is 0.407.